The largest absolute Gasteiger partial charge is 0.467 e. The van der Waals surface area contributed by atoms with E-state index in [1.54, 1.807) is 6.26 Å². The van der Waals surface area contributed by atoms with Crippen molar-refractivity contribution in [3.8, 4) is 0 Å². The minimum absolute atomic E-state index is 0.0729. The Labute approximate surface area is 120 Å². The number of carbonyl (C=O) groups excluding carboxylic acids is 1. The highest BCUT2D eigenvalue weighted by atomic mass is 16.3. The fourth-order valence-corrected chi connectivity index (χ4v) is 2.19. The second-order valence-corrected chi connectivity index (χ2v) is 4.88. The van der Waals surface area contributed by atoms with Crippen LogP contribution in [-0.4, -0.2) is 5.91 Å². The SMILES string of the molecule is CCCCCC(=O)NC(c1ccccc1)c1ccco1. The summed E-state index contributed by atoms with van der Waals surface area (Å²) < 4.78 is 5.46. The Morgan fingerprint density at radius 3 is 2.60 bits per heavy atom. The Hall–Kier alpha value is -2.03. The van der Waals surface area contributed by atoms with Gasteiger partial charge in [0.2, 0.25) is 5.91 Å². The molecule has 106 valence electrons. The second-order valence-electron chi connectivity index (χ2n) is 4.88. The molecule has 0 saturated heterocycles. The standard InChI is InChI=1S/C17H21NO2/c1-2-3-5-12-16(19)18-17(15-11-8-13-20-15)14-9-6-4-7-10-14/h4,6-11,13,17H,2-3,5,12H2,1H3,(H,18,19). The number of unbranched alkanes of at least 4 members (excludes halogenated alkanes) is 2. The van der Waals surface area contributed by atoms with Crippen LogP contribution in [-0.2, 0) is 4.79 Å². The molecule has 1 N–H and O–H groups in total. The summed E-state index contributed by atoms with van der Waals surface area (Å²) in [7, 11) is 0. The number of rotatable bonds is 7. The molecule has 20 heavy (non-hydrogen) atoms. The number of amides is 1. The second kappa shape index (κ2) is 7.53. The molecule has 2 rings (SSSR count). The zero-order valence-corrected chi connectivity index (χ0v) is 11.8. The van der Waals surface area contributed by atoms with E-state index in [0.29, 0.717) is 6.42 Å². The highest BCUT2D eigenvalue weighted by Gasteiger charge is 2.18. The highest BCUT2D eigenvalue weighted by Crippen LogP contribution is 2.22. The summed E-state index contributed by atoms with van der Waals surface area (Å²) >= 11 is 0. The van der Waals surface area contributed by atoms with E-state index in [4.69, 9.17) is 4.42 Å². The lowest BCUT2D eigenvalue weighted by Gasteiger charge is -2.17. The van der Waals surface area contributed by atoms with Crippen molar-refractivity contribution in [2.24, 2.45) is 0 Å². The first-order chi connectivity index (χ1) is 9.81. The molecule has 1 atom stereocenters. The van der Waals surface area contributed by atoms with Crippen LogP contribution in [0.3, 0.4) is 0 Å². The minimum atomic E-state index is -0.208. The fraction of sp³-hybridized carbons (Fsp3) is 0.353. The maximum absolute atomic E-state index is 12.0. The lowest BCUT2D eigenvalue weighted by molar-refractivity contribution is -0.121. The van der Waals surface area contributed by atoms with Gasteiger partial charge < -0.3 is 9.73 Å². The highest BCUT2D eigenvalue weighted by molar-refractivity contribution is 5.76. The minimum Gasteiger partial charge on any atom is -0.467 e. The zero-order valence-electron chi connectivity index (χ0n) is 11.8. The molecule has 0 spiro atoms. The van der Waals surface area contributed by atoms with Crippen LogP contribution in [0.5, 0.6) is 0 Å². The van der Waals surface area contributed by atoms with Crippen LogP contribution in [0, 0.1) is 0 Å². The van der Waals surface area contributed by atoms with Crippen molar-refractivity contribution in [2.75, 3.05) is 0 Å². The van der Waals surface area contributed by atoms with Gasteiger partial charge in [0, 0.05) is 6.42 Å². The lowest BCUT2D eigenvalue weighted by Crippen LogP contribution is -2.28. The van der Waals surface area contributed by atoms with Crippen molar-refractivity contribution in [2.45, 2.75) is 38.6 Å². The third-order valence-corrected chi connectivity index (χ3v) is 3.27. The molecule has 1 aromatic heterocycles. The Bertz CT molecular complexity index is 505. The number of hydrogen-bond donors (Lipinski definition) is 1. The molecule has 1 amide bonds. The molecule has 3 nitrogen and oxygen atoms in total. The van der Waals surface area contributed by atoms with Gasteiger partial charge in [-0.15, -0.1) is 0 Å². The van der Waals surface area contributed by atoms with Gasteiger partial charge in [0.1, 0.15) is 11.8 Å². The number of hydrogen-bond acceptors (Lipinski definition) is 2. The zero-order chi connectivity index (χ0) is 14.2. The molecular formula is C17H21NO2. The van der Waals surface area contributed by atoms with Crippen molar-refractivity contribution in [1.29, 1.82) is 0 Å². The fourth-order valence-electron chi connectivity index (χ4n) is 2.19. The van der Waals surface area contributed by atoms with Gasteiger partial charge in [-0.05, 0) is 24.1 Å². The first-order valence-corrected chi connectivity index (χ1v) is 7.19. The Kier molecular flexibility index (Phi) is 5.42. The number of nitrogens with one attached hydrogen (secondary N) is 1. The van der Waals surface area contributed by atoms with E-state index in [0.717, 1.165) is 30.6 Å². The van der Waals surface area contributed by atoms with Crippen LogP contribution in [0.1, 0.15) is 50.0 Å². The molecule has 0 bridgehead atoms. The molecule has 0 aliphatic rings. The smallest absolute Gasteiger partial charge is 0.220 e. The molecule has 1 aromatic carbocycles. The molecule has 0 aliphatic heterocycles. The van der Waals surface area contributed by atoms with E-state index in [-0.39, 0.29) is 11.9 Å². The van der Waals surface area contributed by atoms with E-state index in [1.165, 1.54) is 0 Å². The summed E-state index contributed by atoms with van der Waals surface area (Å²) in [4.78, 5) is 12.0. The van der Waals surface area contributed by atoms with Crippen molar-refractivity contribution in [1.82, 2.24) is 5.32 Å². The molecule has 3 heteroatoms. The molecule has 0 aliphatic carbocycles. The summed E-state index contributed by atoms with van der Waals surface area (Å²) in [6.07, 6.45) is 5.34. The predicted molar refractivity (Wildman–Crippen MR) is 79.3 cm³/mol. The molecule has 1 unspecified atom stereocenters. The average molecular weight is 271 g/mol. The average Bonchev–Trinajstić information content (AvgIpc) is 3.00. The van der Waals surface area contributed by atoms with Crippen LogP contribution >= 0.6 is 0 Å². The van der Waals surface area contributed by atoms with Crippen LogP contribution in [0.2, 0.25) is 0 Å². The molecule has 0 radical (unpaired) electrons. The van der Waals surface area contributed by atoms with E-state index < -0.39 is 0 Å². The Morgan fingerprint density at radius 1 is 1.15 bits per heavy atom. The van der Waals surface area contributed by atoms with E-state index >= 15 is 0 Å². The molecule has 0 fully saturated rings. The topological polar surface area (TPSA) is 42.2 Å². The predicted octanol–water partition coefficient (Wildman–Crippen LogP) is 4.07. The monoisotopic (exact) mass is 271 g/mol. The van der Waals surface area contributed by atoms with Crippen LogP contribution in [0.25, 0.3) is 0 Å². The van der Waals surface area contributed by atoms with Gasteiger partial charge in [0.15, 0.2) is 0 Å². The molecule has 0 saturated carbocycles. The van der Waals surface area contributed by atoms with E-state index in [1.807, 2.05) is 42.5 Å². The summed E-state index contributed by atoms with van der Waals surface area (Å²) in [6, 6.07) is 13.4. The maximum atomic E-state index is 12.0. The summed E-state index contributed by atoms with van der Waals surface area (Å²) in [6.45, 7) is 2.13. The van der Waals surface area contributed by atoms with Gasteiger partial charge in [-0.3, -0.25) is 4.79 Å². The van der Waals surface area contributed by atoms with Crippen molar-refractivity contribution < 1.29 is 9.21 Å². The summed E-state index contributed by atoms with van der Waals surface area (Å²) in [5.41, 5.74) is 1.03. The molecule has 2 aromatic rings. The number of carbonyl (C=O) groups is 1. The third kappa shape index (κ3) is 3.98. The Balaban J connectivity index is 2.06. The molecule has 1 heterocycles. The van der Waals surface area contributed by atoms with Gasteiger partial charge in [0.05, 0.1) is 6.26 Å². The maximum Gasteiger partial charge on any atom is 0.220 e. The number of furan rings is 1. The molecular weight excluding hydrogens is 250 g/mol. The lowest BCUT2D eigenvalue weighted by atomic mass is 10.0. The third-order valence-electron chi connectivity index (χ3n) is 3.27. The quantitative estimate of drug-likeness (QED) is 0.771. The summed E-state index contributed by atoms with van der Waals surface area (Å²) in [5.74, 6) is 0.837. The number of benzene rings is 1. The van der Waals surface area contributed by atoms with Crippen molar-refractivity contribution >= 4 is 5.91 Å². The van der Waals surface area contributed by atoms with Crippen LogP contribution in [0.4, 0.5) is 0 Å². The van der Waals surface area contributed by atoms with Gasteiger partial charge in [0.25, 0.3) is 0 Å². The van der Waals surface area contributed by atoms with E-state index in [9.17, 15) is 4.79 Å². The van der Waals surface area contributed by atoms with E-state index in [2.05, 4.69) is 12.2 Å². The van der Waals surface area contributed by atoms with Gasteiger partial charge in [-0.2, -0.15) is 0 Å². The first kappa shape index (κ1) is 14.4. The first-order valence-electron chi connectivity index (χ1n) is 7.19. The van der Waals surface area contributed by atoms with Crippen molar-refractivity contribution in [3.63, 3.8) is 0 Å². The van der Waals surface area contributed by atoms with Crippen LogP contribution < -0.4 is 5.32 Å². The van der Waals surface area contributed by atoms with Gasteiger partial charge >= 0.3 is 0 Å². The Morgan fingerprint density at radius 2 is 1.95 bits per heavy atom. The van der Waals surface area contributed by atoms with Crippen molar-refractivity contribution in [3.05, 3.63) is 60.1 Å². The van der Waals surface area contributed by atoms with Gasteiger partial charge in [-0.1, -0.05) is 50.1 Å². The normalized spacial score (nSPS) is 12.1. The summed E-state index contributed by atoms with van der Waals surface area (Å²) in [5, 5.41) is 3.06. The van der Waals surface area contributed by atoms with Crippen LogP contribution in [0.15, 0.2) is 53.1 Å². The van der Waals surface area contributed by atoms with Gasteiger partial charge in [-0.25, -0.2) is 0 Å².